The smallest absolute Gasteiger partial charge is 0.302 e. The van der Waals surface area contributed by atoms with E-state index in [0.717, 1.165) is 0 Å². The Morgan fingerprint density at radius 2 is 1.95 bits per heavy atom. The largest absolute Gasteiger partial charge is 0.407 e. The number of rotatable bonds is 4. The summed E-state index contributed by atoms with van der Waals surface area (Å²) >= 11 is 0. The average Bonchev–Trinajstić information content (AvgIpc) is 2.38. The van der Waals surface area contributed by atoms with Gasteiger partial charge in [-0.05, 0) is 19.0 Å². The second kappa shape index (κ2) is 5.57. The van der Waals surface area contributed by atoms with Crippen molar-refractivity contribution in [2.45, 2.75) is 25.6 Å². The quantitative estimate of drug-likeness (QED) is 0.911. The van der Waals surface area contributed by atoms with Crippen LogP contribution < -0.4 is 5.32 Å². The van der Waals surface area contributed by atoms with Crippen LogP contribution in [0.15, 0.2) is 36.5 Å². The first kappa shape index (κ1) is 13.8. The fourth-order valence-corrected chi connectivity index (χ4v) is 2.05. The van der Waals surface area contributed by atoms with Crippen LogP contribution in [-0.2, 0) is 0 Å². The number of aromatic nitrogens is 1. The minimum Gasteiger partial charge on any atom is -0.302 e. The van der Waals surface area contributed by atoms with Gasteiger partial charge < -0.3 is 5.32 Å². The third kappa shape index (κ3) is 3.04. The molecule has 0 amide bonds. The summed E-state index contributed by atoms with van der Waals surface area (Å²) in [6.45, 7) is 2.15. The Balaban J connectivity index is 2.49. The number of benzene rings is 1. The van der Waals surface area contributed by atoms with E-state index in [9.17, 15) is 13.2 Å². The van der Waals surface area contributed by atoms with Gasteiger partial charge in [0.25, 0.3) is 0 Å². The van der Waals surface area contributed by atoms with Gasteiger partial charge in [0, 0.05) is 17.1 Å². The summed E-state index contributed by atoms with van der Waals surface area (Å²) in [7, 11) is 0. The molecule has 19 heavy (non-hydrogen) atoms. The van der Waals surface area contributed by atoms with Crippen LogP contribution in [0, 0.1) is 0 Å². The fraction of sp³-hybridized carbons (Fsp3) is 0.357. The monoisotopic (exact) mass is 268 g/mol. The number of halogens is 3. The van der Waals surface area contributed by atoms with E-state index in [-0.39, 0.29) is 5.56 Å². The number of fused-ring (bicyclic) bond motifs is 1. The lowest BCUT2D eigenvalue weighted by Crippen LogP contribution is -2.34. The highest BCUT2D eigenvalue weighted by Crippen LogP contribution is 2.35. The maximum Gasteiger partial charge on any atom is 0.407 e. The summed E-state index contributed by atoms with van der Waals surface area (Å²) in [6, 6.07) is 6.68. The van der Waals surface area contributed by atoms with Gasteiger partial charge in [0.1, 0.15) is 6.04 Å². The second-order valence-electron chi connectivity index (χ2n) is 4.35. The third-order valence-electron chi connectivity index (χ3n) is 2.90. The molecule has 0 spiro atoms. The van der Waals surface area contributed by atoms with Gasteiger partial charge in [-0.3, -0.25) is 4.98 Å². The molecule has 0 saturated heterocycles. The highest BCUT2D eigenvalue weighted by molar-refractivity contribution is 5.82. The molecule has 2 nitrogen and oxygen atoms in total. The molecule has 1 atom stereocenters. The van der Waals surface area contributed by atoms with Gasteiger partial charge in [-0.2, -0.15) is 13.2 Å². The lowest BCUT2D eigenvalue weighted by Gasteiger charge is -2.22. The fourth-order valence-electron chi connectivity index (χ4n) is 2.05. The molecule has 0 fully saturated rings. The zero-order chi connectivity index (χ0) is 13.9. The Bertz CT molecular complexity index is 546. The van der Waals surface area contributed by atoms with Crippen LogP contribution in [-0.4, -0.2) is 17.7 Å². The summed E-state index contributed by atoms with van der Waals surface area (Å²) in [5.41, 5.74) is 0.579. The summed E-state index contributed by atoms with van der Waals surface area (Å²) in [5, 5.41) is 3.27. The molecule has 0 aliphatic carbocycles. The van der Waals surface area contributed by atoms with Crippen LogP contribution in [0.3, 0.4) is 0 Å². The van der Waals surface area contributed by atoms with Crippen molar-refractivity contribution in [3.63, 3.8) is 0 Å². The molecule has 102 valence electrons. The number of hydrogen-bond donors (Lipinski definition) is 1. The van der Waals surface area contributed by atoms with E-state index in [0.29, 0.717) is 23.9 Å². The van der Waals surface area contributed by atoms with Crippen molar-refractivity contribution in [3.05, 3.63) is 42.1 Å². The Morgan fingerprint density at radius 3 is 2.63 bits per heavy atom. The molecule has 0 aliphatic rings. The van der Waals surface area contributed by atoms with Crippen LogP contribution in [0.1, 0.15) is 24.9 Å². The van der Waals surface area contributed by atoms with Crippen LogP contribution in [0.4, 0.5) is 13.2 Å². The van der Waals surface area contributed by atoms with Crippen molar-refractivity contribution in [1.29, 1.82) is 0 Å². The molecule has 5 heteroatoms. The zero-order valence-corrected chi connectivity index (χ0v) is 10.5. The summed E-state index contributed by atoms with van der Waals surface area (Å²) < 4.78 is 39.5. The number of hydrogen-bond acceptors (Lipinski definition) is 2. The SMILES string of the molecule is CCCNC(c1cccc2cccnc12)C(F)(F)F. The second-order valence-corrected chi connectivity index (χ2v) is 4.35. The first-order valence-electron chi connectivity index (χ1n) is 6.17. The molecule has 1 heterocycles. The van der Waals surface area contributed by atoms with Gasteiger partial charge in [-0.25, -0.2) is 0 Å². The van der Waals surface area contributed by atoms with Gasteiger partial charge in [-0.15, -0.1) is 0 Å². The van der Waals surface area contributed by atoms with E-state index in [2.05, 4.69) is 10.3 Å². The van der Waals surface area contributed by atoms with Gasteiger partial charge in [0.05, 0.1) is 5.52 Å². The molecule has 1 aromatic heterocycles. The van der Waals surface area contributed by atoms with E-state index < -0.39 is 12.2 Å². The van der Waals surface area contributed by atoms with Gasteiger partial charge >= 0.3 is 6.18 Å². The van der Waals surface area contributed by atoms with Crippen LogP contribution in [0.2, 0.25) is 0 Å². The molecule has 0 saturated carbocycles. The molecular weight excluding hydrogens is 253 g/mol. The standard InChI is InChI=1S/C14H15F3N2/c1-2-8-19-13(14(15,16)17)11-7-3-5-10-6-4-9-18-12(10)11/h3-7,9,13,19H,2,8H2,1H3. The van der Waals surface area contributed by atoms with Crippen LogP contribution in [0.25, 0.3) is 10.9 Å². The lowest BCUT2D eigenvalue weighted by atomic mass is 10.0. The molecule has 0 radical (unpaired) electrons. The highest BCUT2D eigenvalue weighted by Gasteiger charge is 2.41. The van der Waals surface area contributed by atoms with Gasteiger partial charge in [-0.1, -0.05) is 31.2 Å². The number of alkyl halides is 3. The number of para-hydroxylation sites is 1. The van der Waals surface area contributed by atoms with E-state index in [1.165, 1.54) is 12.3 Å². The summed E-state index contributed by atoms with van der Waals surface area (Å²) in [5.74, 6) is 0. The Kier molecular flexibility index (Phi) is 4.04. The van der Waals surface area contributed by atoms with Crippen molar-refractivity contribution in [2.24, 2.45) is 0 Å². The summed E-state index contributed by atoms with van der Waals surface area (Å²) in [4.78, 5) is 4.08. The molecule has 0 aliphatic heterocycles. The van der Waals surface area contributed by atoms with Crippen molar-refractivity contribution >= 4 is 10.9 Å². The van der Waals surface area contributed by atoms with Crippen molar-refractivity contribution in [2.75, 3.05) is 6.54 Å². The van der Waals surface area contributed by atoms with Crippen molar-refractivity contribution in [3.8, 4) is 0 Å². The van der Waals surface area contributed by atoms with E-state index in [4.69, 9.17) is 0 Å². The lowest BCUT2D eigenvalue weighted by molar-refractivity contribution is -0.157. The first-order valence-corrected chi connectivity index (χ1v) is 6.17. The molecular formula is C14H15F3N2. The minimum atomic E-state index is -4.33. The van der Waals surface area contributed by atoms with Crippen LogP contribution in [0.5, 0.6) is 0 Å². The molecule has 2 rings (SSSR count). The van der Waals surface area contributed by atoms with E-state index in [1.807, 2.05) is 6.92 Å². The maximum atomic E-state index is 13.2. The molecule has 1 aromatic carbocycles. The highest BCUT2D eigenvalue weighted by atomic mass is 19.4. The number of nitrogens with one attached hydrogen (secondary N) is 1. The average molecular weight is 268 g/mol. The minimum absolute atomic E-state index is 0.180. The van der Waals surface area contributed by atoms with Crippen LogP contribution >= 0.6 is 0 Å². The third-order valence-corrected chi connectivity index (χ3v) is 2.90. The molecule has 1 N–H and O–H groups in total. The normalized spacial score (nSPS) is 13.7. The number of nitrogens with zero attached hydrogens (tertiary/aromatic N) is 1. The summed E-state index contributed by atoms with van der Waals surface area (Å²) in [6.07, 6.45) is -2.18. The first-order chi connectivity index (χ1) is 9.04. The van der Waals surface area contributed by atoms with Crippen molar-refractivity contribution < 1.29 is 13.2 Å². The van der Waals surface area contributed by atoms with Crippen molar-refractivity contribution in [1.82, 2.24) is 10.3 Å². The Labute approximate surface area is 109 Å². The predicted molar refractivity (Wildman–Crippen MR) is 68.8 cm³/mol. The Morgan fingerprint density at radius 1 is 1.21 bits per heavy atom. The van der Waals surface area contributed by atoms with E-state index >= 15 is 0 Å². The predicted octanol–water partition coefficient (Wildman–Crippen LogP) is 3.84. The van der Waals surface area contributed by atoms with E-state index in [1.54, 1.807) is 24.3 Å². The molecule has 0 bridgehead atoms. The molecule has 2 aromatic rings. The van der Waals surface area contributed by atoms with Gasteiger partial charge in [0.2, 0.25) is 0 Å². The zero-order valence-electron chi connectivity index (χ0n) is 10.5. The molecule has 1 unspecified atom stereocenters. The maximum absolute atomic E-state index is 13.2. The Hall–Kier alpha value is -1.62. The van der Waals surface area contributed by atoms with Gasteiger partial charge in [0.15, 0.2) is 0 Å². The number of pyridine rings is 1. The topological polar surface area (TPSA) is 24.9 Å².